The maximum absolute atomic E-state index is 4.03. The van der Waals surface area contributed by atoms with E-state index in [-0.39, 0.29) is 0 Å². The molecule has 0 spiro atoms. The van der Waals surface area contributed by atoms with Crippen LogP contribution in [0, 0.1) is 0 Å². The van der Waals surface area contributed by atoms with Crippen molar-refractivity contribution >= 4 is 0 Å². The van der Waals surface area contributed by atoms with Gasteiger partial charge in [0.2, 0.25) is 0 Å². The van der Waals surface area contributed by atoms with Crippen LogP contribution in [0.1, 0.15) is 24.0 Å². The minimum atomic E-state index is 0.781. The number of hydrogen-bond acceptors (Lipinski definition) is 1. The Balaban J connectivity index is 2.51. The first-order valence-corrected chi connectivity index (χ1v) is 3.30. The van der Waals surface area contributed by atoms with Crippen LogP contribution in [0.25, 0.3) is 0 Å². The third-order valence-corrected chi connectivity index (χ3v) is 2.00. The third-order valence-electron chi connectivity index (χ3n) is 2.00. The quantitative estimate of drug-likeness (QED) is 0.507. The molecule has 1 heteroatoms. The van der Waals surface area contributed by atoms with Crippen molar-refractivity contribution in [1.29, 1.82) is 0 Å². The molecule has 46 valence electrons. The zero-order valence-electron chi connectivity index (χ0n) is 5.46. The van der Waals surface area contributed by atoms with E-state index < -0.39 is 0 Å². The van der Waals surface area contributed by atoms with Crippen molar-refractivity contribution in [1.82, 2.24) is 4.98 Å². The smallest absolute Gasteiger partial charge is 0.0302 e. The third kappa shape index (κ3) is 0.576. The van der Waals surface area contributed by atoms with Gasteiger partial charge >= 0.3 is 0 Å². The molecule has 0 unspecified atom stereocenters. The lowest BCUT2D eigenvalue weighted by Gasteiger charge is -2.25. The molecule has 9 heavy (non-hydrogen) atoms. The van der Waals surface area contributed by atoms with E-state index in [1.165, 1.54) is 17.5 Å². The summed E-state index contributed by atoms with van der Waals surface area (Å²) in [5.74, 6) is 0.781. The van der Waals surface area contributed by atoms with E-state index in [1.807, 2.05) is 12.4 Å². The Kier molecular flexibility index (Phi) is 0.865. The average molecular weight is 119 g/mol. The molecule has 1 heterocycles. The highest BCUT2D eigenvalue weighted by molar-refractivity contribution is 5.36. The normalized spacial score (nSPS) is 22.6. The van der Waals surface area contributed by atoms with Crippen LogP contribution in [0.4, 0.5) is 0 Å². The van der Waals surface area contributed by atoms with Crippen LogP contribution in [-0.4, -0.2) is 4.98 Å². The number of fused-ring (bicyclic) bond motifs is 1. The van der Waals surface area contributed by atoms with Gasteiger partial charge in [-0.25, -0.2) is 0 Å². The van der Waals surface area contributed by atoms with E-state index in [1.54, 1.807) is 0 Å². The molecule has 0 saturated carbocycles. The maximum atomic E-state index is 4.03. The van der Waals surface area contributed by atoms with Crippen molar-refractivity contribution in [2.24, 2.45) is 0 Å². The number of aromatic nitrogens is 1. The van der Waals surface area contributed by atoms with Crippen molar-refractivity contribution in [3.8, 4) is 0 Å². The van der Waals surface area contributed by atoms with Crippen molar-refractivity contribution in [2.75, 3.05) is 0 Å². The summed E-state index contributed by atoms with van der Waals surface area (Å²) >= 11 is 0. The van der Waals surface area contributed by atoms with Gasteiger partial charge in [0.15, 0.2) is 0 Å². The molecule has 0 saturated heterocycles. The molecule has 0 N–H and O–H groups in total. The van der Waals surface area contributed by atoms with Gasteiger partial charge in [0.05, 0.1) is 0 Å². The highest BCUT2D eigenvalue weighted by Gasteiger charge is 2.20. The zero-order valence-corrected chi connectivity index (χ0v) is 5.46. The number of pyridine rings is 1. The molecule has 0 aromatic carbocycles. The maximum Gasteiger partial charge on any atom is 0.0302 e. The van der Waals surface area contributed by atoms with E-state index in [0.29, 0.717) is 0 Å². The summed E-state index contributed by atoms with van der Waals surface area (Å²) in [5, 5.41) is 0. The highest BCUT2D eigenvalue weighted by atomic mass is 14.6. The van der Waals surface area contributed by atoms with Crippen LogP contribution in [0.2, 0.25) is 0 Å². The fourth-order valence-electron chi connectivity index (χ4n) is 1.40. The van der Waals surface area contributed by atoms with E-state index in [9.17, 15) is 0 Å². The SMILES string of the molecule is C[C@@H]1Cc2cnccc21. The Morgan fingerprint density at radius 3 is 3.11 bits per heavy atom. The number of hydrogen-bond donors (Lipinski definition) is 0. The highest BCUT2D eigenvalue weighted by Crippen LogP contribution is 2.32. The lowest BCUT2D eigenvalue weighted by atomic mass is 9.80. The lowest BCUT2D eigenvalue weighted by Crippen LogP contribution is -2.13. The van der Waals surface area contributed by atoms with Gasteiger partial charge in [-0.3, -0.25) is 4.98 Å². The van der Waals surface area contributed by atoms with Crippen LogP contribution < -0.4 is 0 Å². The first kappa shape index (κ1) is 4.98. The van der Waals surface area contributed by atoms with Gasteiger partial charge in [-0.1, -0.05) is 6.92 Å². The van der Waals surface area contributed by atoms with Crippen molar-refractivity contribution < 1.29 is 0 Å². The van der Waals surface area contributed by atoms with Crippen LogP contribution >= 0.6 is 0 Å². The second kappa shape index (κ2) is 1.56. The molecule has 1 aromatic heterocycles. The second-order valence-electron chi connectivity index (χ2n) is 2.68. The van der Waals surface area contributed by atoms with Gasteiger partial charge < -0.3 is 0 Å². The molecule has 0 amide bonds. The lowest BCUT2D eigenvalue weighted by molar-refractivity contribution is 0.662. The van der Waals surface area contributed by atoms with E-state index >= 15 is 0 Å². The predicted octanol–water partition coefficient (Wildman–Crippen LogP) is 1.74. The Morgan fingerprint density at radius 2 is 2.56 bits per heavy atom. The molecule has 0 bridgehead atoms. The first-order chi connectivity index (χ1) is 4.38. The van der Waals surface area contributed by atoms with Gasteiger partial charge in [0.25, 0.3) is 0 Å². The monoisotopic (exact) mass is 119 g/mol. The Hall–Kier alpha value is -0.850. The van der Waals surface area contributed by atoms with Crippen LogP contribution in [0.3, 0.4) is 0 Å². The molecule has 2 rings (SSSR count). The minimum Gasteiger partial charge on any atom is -0.264 e. The van der Waals surface area contributed by atoms with Crippen LogP contribution in [-0.2, 0) is 6.42 Å². The van der Waals surface area contributed by atoms with Crippen molar-refractivity contribution in [3.05, 3.63) is 29.6 Å². The topological polar surface area (TPSA) is 12.9 Å². The molecule has 0 aliphatic heterocycles. The summed E-state index contributed by atoms with van der Waals surface area (Å²) in [4.78, 5) is 4.03. The second-order valence-corrected chi connectivity index (χ2v) is 2.68. The molecule has 0 fully saturated rings. The average Bonchev–Trinajstić information content (AvgIpc) is 1.86. The van der Waals surface area contributed by atoms with Crippen LogP contribution in [0.15, 0.2) is 18.5 Å². The molecular weight excluding hydrogens is 110 g/mol. The predicted molar refractivity (Wildman–Crippen MR) is 36.4 cm³/mol. The molecule has 1 nitrogen and oxygen atoms in total. The standard InChI is InChI=1S/C8H9N/c1-6-4-7-5-9-3-2-8(6)7/h2-3,5-6H,4H2,1H3/t6-/m1/s1. The number of rotatable bonds is 0. The first-order valence-electron chi connectivity index (χ1n) is 3.30. The van der Waals surface area contributed by atoms with Gasteiger partial charge in [-0.15, -0.1) is 0 Å². The fourth-order valence-corrected chi connectivity index (χ4v) is 1.40. The summed E-state index contributed by atoms with van der Waals surface area (Å²) in [5.41, 5.74) is 2.93. The largest absolute Gasteiger partial charge is 0.264 e. The van der Waals surface area contributed by atoms with Crippen molar-refractivity contribution in [2.45, 2.75) is 19.3 Å². The summed E-state index contributed by atoms with van der Waals surface area (Å²) < 4.78 is 0. The summed E-state index contributed by atoms with van der Waals surface area (Å²) in [6, 6.07) is 2.11. The summed E-state index contributed by atoms with van der Waals surface area (Å²) in [6.45, 7) is 2.25. The zero-order chi connectivity index (χ0) is 6.27. The Morgan fingerprint density at radius 1 is 1.67 bits per heavy atom. The van der Waals surface area contributed by atoms with Gasteiger partial charge in [-0.05, 0) is 29.5 Å². The summed E-state index contributed by atoms with van der Waals surface area (Å²) in [7, 11) is 0. The van der Waals surface area contributed by atoms with E-state index in [0.717, 1.165) is 5.92 Å². The van der Waals surface area contributed by atoms with E-state index in [4.69, 9.17) is 0 Å². The molecular formula is C8H9N. The minimum absolute atomic E-state index is 0.781. The van der Waals surface area contributed by atoms with Crippen LogP contribution in [0.5, 0.6) is 0 Å². The molecule has 1 atom stereocenters. The molecule has 1 aliphatic carbocycles. The van der Waals surface area contributed by atoms with Crippen molar-refractivity contribution in [3.63, 3.8) is 0 Å². The van der Waals surface area contributed by atoms with Gasteiger partial charge in [-0.2, -0.15) is 0 Å². The Bertz CT molecular complexity index is 230. The van der Waals surface area contributed by atoms with Gasteiger partial charge in [0, 0.05) is 12.4 Å². The van der Waals surface area contributed by atoms with E-state index in [2.05, 4.69) is 18.0 Å². The fraction of sp³-hybridized carbons (Fsp3) is 0.375. The number of nitrogens with zero attached hydrogens (tertiary/aromatic N) is 1. The molecule has 0 radical (unpaired) electrons. The molecule has 1 aliphatic rings. The van der Waals surface area contributed by atoms with Gasteiger partial charge in [0.1, 0.15) is 0 Å². The Labute approximate surface area is 54.7 Å². The summed E-state index contributed by atoms with van der Waals surface area (Å²) in [6.07, 6.45) is 5.06. The molecule has 1 aromatic rings.